The van der Waals surface area contributed by atoms with E-state index in [0.717, 1.165) is 24.3 Å². The minimum atomic E-state index is -4.02. The second kappa shape index (κ2) is 8.17. The lowest BCUT2D eigenvalue weighted by Gasteiger charge is -2.19. The summed E-state index contributed by atoms with van der Waals surface area (Å²) >= 11 is 0. The lowest BCUT2D eigenvalue weighted by atomic mass is 10.2. The molecule has 0 radical (unpaired) electrons. The number of nitrogens with zero attached hydrogens (tertiary/aromatic N) is 1. The molecular formula is C19H17FN2O4S2. The maximum Gasteiger partial charge on any atom is 0.240 e. The highest BCUT2D eigenvalue weighted by Gasteiger charge is 2.31. The largest absolute Gasteiger partial charge is 0.264 e. The molecule has 3 aromatic rings. The van der Waals surface area contributed by atoms with Crippen molar-refractivity contribution in [3.63, 3.8) is 0 Å². The lowest BCUT2D eigenvalue weighted by Crippen LogP contribution is -2.32. The van der Waals surface area contributed by atoms with E-state index in [9.17, 15) is 21.2 Å². The number of pyridine rings is 1. The maximum absolute atomic E-state index is 13.1. The lowest BCUT2D eigenvalue weighted by molar-refractivity contribution is 0.568. The van der Waals surface area contributed by atoms with E-state index in [1.807, 2.05) is 0 Å². The van der Waals surface area contributed by atoms with E-state index in [0.29, 0.717) is 5.56 Å². The Balaban J connectivity index is 1.94. The molecule has 0 unspecified atom stereocenters. The second-order valence-electron chi connectivity index (χ2n) is 5.94. The first-order valence-corrected chi connectivity index (χ1v) is 11.3. The van der Waals surface area contributed by atoms with Gasteiger partial charge in [-0.05, 0) is 48.0 Å². The summed E-state index contributed by atoms with van der Waals surface area (Å²) in [5.41, 5.74) is 0.355. The van der Waals surface area contributed by atoms with Gasteiger partial charge in [0, 0.05) is 18.9 Å². The van der Waals surface area contributed by atoms with Gasteiger partial charge in [0.05, 0.1) is 9.79 Å². The van der Waals surface area contributed by atoms with E-state index in [2.05, 4.69) is 9.71 Å². The normalized spacial score (nSPS) is 13.2. The zero-order valence-corrected chi connectivity index (χ0v) is 16.2. The minimum absolute atomic E-state index is 0.0739. The highest BCUT2D eigenvalue weighted by molar-refractivity contribution is 7.92. The van der Waals surface area contributed by atoms with Gasteiger partial charge in [-0.1, -0.05) is 24.3 Å². The van der Waals surface area contributed by atoms with Crippen molar-refractivity contribution in [2.45, 2.75) is 15.0 Å². The number of hydrogen-bond donors (Lipinski definition) is 1. The third-order valence-corrected chi connectivity index (χ3v) is 7.64. The van der Waals surface area contributed by atoms with Crippen molar-refractivity contribution in [2.75, 3.05) is 6.54 Å². The molecule has 2 aromatic carbocycles. The number of halogens is 1. The van der Waals surface area contributed by atoms with E-state index in [4.69, 9.17) is 0 Å². The Kier molecular flexibility index (Phi) is 5.87. The Morgan fingerprint density at radius 2 is 1.54 bits per heavy atom. The van der Waals surface area contributed by atoms with E-state index < -0.39 is 37.5 Å². The van der Waals surface area contributed by atoms with Crippen molar-refractivity contribution in [2.24, 2.45) is 0 Å². The molecule has 9 heteroatoms. The molecule has 1 atom stereocenters. The Labute approximate surface area is 163 Å². The fourth-order valence-corrected chi connectivity index (χ4v) is 5.45. The quantitative estimate of drug-likeness (QED) is 0.634. The first-order chi connectivity index (χ1) is 13.3. The topological polar surface area (TPSA) is 93.2 Å². The molecule has 6 nitrogen and oxygen atoms in total. The van der Waals surface area contributed by atoms with Crippen LogP contribution in [0.4, 0.5) is 4.39 Å². The van der Waals surface area contributed by atoms with E-state index in [-0.39, 0.29) is 9.79 Å². The van der Waals surface area contributed by atoms with Gasteiger partial charge in [0.15, 0.2) is 9.84 Å². The monoisotopic (exact) mass is 420 g/mol. The van der Waals surface area contributed by atoms with Crippen LogP contribution in [0, 0.1) is 5.82 Å². The van der Waals surface area contributed by atoms with Gasteiger partial charge in [-0.3, -0.25) is 4.98 Å². The van der Waals surface area contributed by atoms with Crippen molar-refractivity contribution in [3.05, 3.63) is 90.5 Å². The molecule has 0 aliphatic carbocycles. The molecule has 3 rings (SSSR count). The molecule has 0 saturated carbocycles. The first kappa shape index (κ1) is 20.1. The summed E-state index contributed by atoms with van der Waals surface area (Å²) in [5, 5.41) is -1.18. The average molecular weight is 420 g/mol. The smallest absolute Gasteiger partial charge is 0.240 e. The number of benzene rings is 2. The van der Waals surface area contributed by atoms with Crippen LogP contribution in [-0.2, 0) is 19.9 Å². The van der Waals surface area contributed by atoms with Crippen LogP contribution in [0.25, 0.3) is 0 Å². The van der Waals surface area contributed by atoms with Crippen LogP contribution in [0.1, 0.15) is 10.8 Å². The van der Waals surface area contributed by atoms with Gasteiger partial charge in [-0.25, -0.2) is 25.9 Å². The Morgan fingerprint density at radius 3 is 2.14 bits per heavy atom. The molecule has 28 heavy (non-hydrogen) atoms. The van der Waals surface area contributed by atoms with Gasteiger partial charge in [0.2, 0.25) is 10.0 Å². The summed E-state index contributed by atoms with van der Waals surface area (Å²) in [6.07, 6.45) is 2.88. The molecule has 1 aromatic heterocycles. The van der Waals surface area contributed by atoms with Crippen molar-refractivity contribution < 1.29 is 21.2 Å². The van der Waals surface area contributed by atoms with Crippen LogP contribution in [0.2, 0.25) is 0 Å². The number of sulfone groups is 1. The predicted octanol–water partition coefficient (Wildman–Crippen LogP) is 2.71. The van der Waals surface area contributed by atoms with Crippen molar-refractivity contribution in [1.82, 2.24) is 9.71 Å². The van der Waals surface area contributed by atoms with Gasteiger partial charge in [-0.2, -0.15) is 0 Å². The van der Waals surface area contributed by atoms with Crippen LogP contribution in [0.3, 0.4) is 0 Å². The van der Waals surface area contributed by atoms with Gasteiger partial charge >= 0.3 is 0 Å². The van der Waals surface area contributed by atoms with Crippen LogP contribution in [0.5, 0.6) is 0 Å². The SMILES string of the molecule is O=S(=O)(NC[C@@H](c1cccnc1)S(=O)(=O)c1ccccc1)c1ccc(F)cc1. The number of hydrogen-bond acceptors (Lipinski definition) is 5. The molecule has 1 N–H and O–H groups in total. The van der Waals surface area contributed by atoms with Crippen LogP contribution >= 0.6 is 0 Å². The Bertz CT molecular complexity index is 1140. The summed E-state index contributed by atoms with van der Waals surface area (Å²) in [5.74, 6) is -0.571. The van der Waals surface area contributed by atoms with Crippen molar-refractivity contribution in [1.29, 1.82) is 0 Å². The zero-order chi connectivity index (χ0) is 20.2. The highest BCUT2D eigenvalue weighted by Crippen LogP contribution is 2.28. The van der Waals surface area contributed by atoms with Crippen LogP contribution < -0.4 is 4.72 Å². The summed E-state index contributed by atoms with van der Waals surface area (Å²) in [6.45, 7) is -0.400. The molecule has 0 bridgehead atoms. The fourth-order valence-electron chi connectivity index (χ4n) is 2.63. The molecule has 0 amide bonds. The van der Waals surface area contributed by atoms with E-state index in [1.165, 1.54) is 24.5 Å². The molecule has 0 fully saturated rings. The van der Waals surface area contributed by atoms with Gasteiger partial charge < -0.3 is 0 Å². The Hall–Kier alpha value is -2.62. The molecule has 1 heterocycles. The van der Waals surface area contributed by atoms with Crippen molar-refractivity contribution in [3.8, 4) is 0 Å². The number of nitrogens with one attached hydrogen (secondary N) is 1. The Morgan fingerprint density at radius 1 is 0.857 bits per heavy atom. The van der Waals surface area contributed by atoms with E-state index in [1.54, 1.807) is 30.3 Å². The molecule has 146 valence electrons. The van der Waals surface area contributed by atoms with Gasteiger partial charge in [0.1, 0.15) is 11.1 Å². The summed E-state index contributed by atoms with van der Waals surface area (Å²) in [7, 11) is -7.92. The van der Waals surface area contributed by atoms with Crippen LogP contribution in [-0.4, -0.2) is 28.4 Å². The second-order valence-corrected chi connectivity index (χ2v) is 9.84. The van der Waals surface area contributed by atoms with Gasteiger partial charge in [0.25, 0.3) is 0 Å². The van der Waals surface area contributed by atoms with Gasteiger partial charge in [-0.15, -0.1) is 0 Å². The standard InChI is InChI=1S/C19H17FN2O4S2/c20-16-8-10-18(11-9-16)28(25,26)22-14-19(15-5-4-12-21-13-15)27(23,24)17-6-2-1-3-7-17/h1-13,19,22H,14H2/t19-/m0/s1. The molecule has 0 saturated heterocycles. The third-order valence-electron chi connectivity index (χ3n) is 4.09. The van der Waals surface area contributed by atoms with E-state index >= 15 is 0 Å². The summed E-state index contributed by atoms with van der Waals surface area (Å²) < 4.78 is 66.6. The molecule has 0 aliphatic heterocycles. The predicted molar refractivity (Wildman–Crippen MR) is 102 cm³/mol. The number of rotatable bonds is 7. The highest BCUT2D eigenvalue weighted by atomic mass is 32.2. The zero-order valence-electron chi connectivity index (χ0n) is 14.6. The summed E-state index contributed by atoms with van der Waals surface area (Å²) in [6, 6.07) is 15.2. The minimum Gasteiger partial charge on any atom is -0.264 e. The number of sulfonamides is 1. The molecular weight excluding hydrogens is 403 g/mol. The fraction of sp³-hybridized carbons (Fsp3) is 0.105. The molecule has 0 spiro atoms. The third kappa shape index (κ3) is 4.44. The molecule has 0 aliphatic rings. The first-order valence-electron chi connectivity index (χ1n) is 8.25. The van der Waals surface area contributed by atoms with Crippen molar-refractivity contribution >= 4 is 19.9 Å². The van der Waals surface area contributed by atoms with Crippen LogP contribution in [0.15, 0.2) is 88.9 Å². The average Bonchev–Trinajstić information content (AvgIpc) is 2.70. The maximum atomic E-state index is 13.1. The summed E-state index contributed by atoms with van der Waals surface area (Å²) in [4.78, 5) is 3.86. The number of aromatic nitrogens is 1.